The molecule has 1 aromatic carbocycles. The number of benzene rings is 1. The summed E-state index contributed by atoms with van der Waals surface area (Å²) in [4.78, 5) is 26.4. The standard InChI is InChI=1S/C21H30N2O3/c1-21(2,3)20(25)23-12-4-5-15(13-23)14-26-18-10-6-16(7-11-18)19(24)22-17-8-9-17/h6-7,10-11,15,17H,4-5,8-9,12-14H2,1-3H3,(H,22,24)/t15-/m1/s1. The molecule has 142 valence electrons. The first-order valence-electron chi connectivity index (χ1n) is 9.66. The van der Waals surface area contributed by atoms with Crippen LogP contribution >= 0.6 is 0 Å². The van der Waals surface area contributed by atoms with Crippen molar-refractivity contribution in [1.29, 1.82) is 0 Å². The molecule has 1 aliphatic carbocycles. The summed E-state index contributed by atoms with van der Waals surface area (Å²) >= 11 is 0. The van der Waals surface area contributed by atoms with Crippen LogP contribution in [-0.4, -0.2) is 42.5 Å². The van der Waals surface area contributed by atoms with E-state index in [1.54, 1.807) is 0 Å². The van der Waals surface area contributed by atoms with E-state index in [0.717, 1.165) is 44.5 Å². The molecule has 1 atom stereocenters. The summed E-state index contributed by atoms with van der Waals surface area (Å²) in [5, 5.41) is 2.98. The van der Waals surface area contributed by atoms with Gasteiger partial charge in [-0.3, -0.25) is 9.59 Å². The maximum atomic E-state index is 12.5. The van der Waals surface area contributed by atoms with Gasteiger partial charge in [0.15, 0.2) is 0 Å². The van der Waals surface area contributed by atoms with Gasteiger partial charge in [0.1, 0.15) is 5.75 Å². The minimum atomic E-state index is -0.334. The van der Waals surface area contributed by atoms with Crippen molar-refractivity contribution in [1.82, 2.24) is 10.2 Å². The molecule has 0 spiro atoms. The van der Waals surface area contributed by atoms with Crippen LogP contribution in [0.1, 0.15) is 56.8 Å². The molecule has 2 fully saturated rings. The molecule has 2 amide bonds. The summed E-state index contributed by atoms with van der Waals surface area (Å²) in [7, 11) is 0. The van der Waals surface area contributed by atoms with Crippen LogP contribution in [-0.2, 0) is 4.79 Å². The van der Waals surface area contributed by atoms with Crippen molar-refractivity contribution in [3.05, 3.63) is 29.8 Å². The Morgan fingerprint density at radius 3 is 2.46 bits per heavy atom. The van der Waals surface area contributed by atoms with E-state index < -0.39 is 0 Å². The average Bonchev–Trinajstić information content (AvgIpc) is 3.43. The van der Waals surface area contributed by atoms with E-state index in [1.165, 1.54) is 0 Å². The van der Waals surface area contributed by atoms with Crippen molar-refractivity contribution < 1.29 is 14.3 Å². The summed E-state index contributed by atoms with van der Waals surface area (Å²) in [6.45, 7) is 8.11. The third kappa shape index (κ3) is 4.99. The number of likely N-dealkylation sites (tertiary alicyclic amines) is 1. The molecule has 1 aliphatic heterocycles. The second-order valence-electron chi connectivity index (χ2n) is 8.59. The van der Waals surface area contributed by atoms with Crippen molar-refractivity contribution in [3.8, 4) is 5.75 Å². The van der Waals surface area contributed by atoms with E-state index in [4.69, 9.17) is 4.74 Å². The van der Waals surface area contributed by atoms with Gasteiger partial charge < -0.3 is 15.0 Å². The number of nitrogens with zero attached hydrogens (tertiary/aromatic N) is 1. The second-order valence-corrected chi connectivity index (χ2v) is 8.59. The van der Waals surface area contributed by atoms with Gasteiger partial charge in [-0.1, -0.05) is 20.8 Å². The number of amides is 2. The number of hydrogen-bond acceptors (Lipinski definition) is 3. The van der Waals surface area contributed by atoms with Gasteiger partial charge in [-0.2, -0.15) is 0 Å². The molecule has 5 heteroatoms. The fourth-order valence-electron chi connectivity index (χ4n) is 3.27. The molecule has 1 saturated heterocycles. The van der Waals surface area contributed by atoms with E-state index >= 15 is 0 Å². The number of carbonyl (C=O) groups is 2. The molecule has 0 radical (unpaired) electrons. The number of carbonyl (C=O) groups excluding carboxylic acids is 2. The summed E-state index contributed by atoms with van der Waals surface area (Å²) in [5.74, 6) is 1.33. The first-order chi connectivity index (χ1) is 12.3. The van der Waals surface area contributed by atoms with Gasteiger partial charge in [0.05, 0.1) is 6.61 Å². The Bertz CT molecular complexity index is 644. The van der Waals surface area contributed by atoms with Crippen LogP contribution in [0, 0.1) is 11.3 Å². The van der Waals surface area contributed by atoms with Crippen LogP contribution < -0.4 is 10.1 Å². The quantitative estimate of drug-likeness (QED) is 0.879. The molecule has 0 bridgehead atoms. The minimum Gasteiger partial charge on any atom is -0.493 e. The Kier molecular flexibility index (Phi) is 5.54. The second kappa shape index (κ2) is 7.68. The van der Waals surface area contributed by atoms with E-state index in [0.29, 0.717) is 24.1 Å². The molecule has 3 rings (SSSR count). The monoisotopic (exact) mass is 358 g/mol. The van der Waals surface area contributed by atoms with E-state index in [1.807, 2.05) is 49.9 Å². The van der Waals surface area contributed by atoms with Gasteiger partial charge in [0.25, 0.3) is 5.91 Å². The smallest absolute Gasteiger partial charge is 0.251 e. The van der Waals surface area contributed by atoms with E-state index in [2.05, 4.69) is 5.32 Å². The van der Waals surface area contributed by atoms with Crippen LogP contribution in [0.25, 0.3) is 0 Å². The Morgan fingerprint density at radius 2 is 1.85 bits per heavy atom. The van der Waals surface area contributed by atoms with E-state index in [9.17, 15) is 9.59 Å². The van der Waals surface area contributed by atoms with Crippen LogP contribution in [0.4, 0.5) is 0 Å². The summed E-state index contributed by atoms with van der Waals surface area (Å²) in [5.41, 5.74) is 0.337. The van der Waals surface area contributed by atoms with E-state index in [-0.39, 0.29) is 17.2 Å². The van der Waals surface area contributed by atoms with Gasteiger partial charge >= 0.3 is 0 Å². The van der Waals surface area contributed by atoms with Gasteiger partial charge in [-0.15, -0.1) is 0 Å². The van der Waals surface area contributed by atoms with Crippen molar-refractivity contribution in [2.24, 2.45) is 11.3 Å². The highest BCUT2D eigenvalue weighted by Crippen LogP contribution is 2.24. The Morgan fingerprint density at radius 1 is 1.15 bits per heavy atom. The largest absolute Gasteiger partial charge is 0.493 e. The zero-order chi connectivity index (χ0) is 18.7. The van der Waals surface area contributed by atoms with Gasteiger partial charge in [-0.25, -0.2) is 0 Å². The minimum absolute atomic E-state index is 0.0114. The predicted molar refractivity (Wildman–Crippen MR) is 101 cm³/mol. The molecular weight excluding hydrogens is 328 g/mol. The lowest BCUT2D eigenvalue weighted by Gasteiger charge is -2.36. The zero-order valence-electron chi connectivity index (χ0n) is 16.1. The molecular formula is C21H30N2O3. The highest BCUT2D eigenvalue weighted by atomic mass is 16.5. The third-order valence-electron chi connectivity index (χ3n) is 4.96. The Balaban J connectivity index is 1.48. The number of ether oxygens (including phenoxy) is 1. The Labute approximate surface area is 156 Å². The molecule has 1 heterocycles. The number of rotatable bonds is 5. The highest BCUT2D eigenvalue weighted by molar-refractivity contribution is 5.94. The lowest BCUT2D eigenvalue weighted by Crippen LogP contribution is -2.46. The lowest BCUT2D eigenvalue weighted by atomic mass is 9.91. The van der Waals surface area contributed by atoms with Crippen LogP contribution in [0.15, 0.2) is 24.3 Å². The van der Waals surface area contributed by atoms with Crippen LogP contribution in [0.5, 0.6) is 5.75 Å². The maximum absolute atomic E-state index is 12.5. The molecule has 1 saturated carbocycles. The number of nitrogens with one attached hydrogen (secondary N) is 1. The average molecular weight is 358 g/mol. The number of piperidine rings is 1. The molecule has 26 heavy (non-hydrogen) atoms. The molecule has 1 N–H and O–H groups in total. The zero-order valence-corrected chi connectivity index (χ0v) is 16.1. The maximum Gasteiger partial charge on any atom is 0.251 e. The predicted octanol–water partition coefficient (Wildman–Crippen LogP) is 3.24. The molecule has 2 aliphatic rings. The van der Waals surface area contributed by atoms with Gasteiger partial charge in [-0.05, 0) is 49.9 Å². The van der Waals surface area contributed by atoms with Gasteiger partial charge in [0.2, 0.25) is 5.91 Å². The topological polar surface area (TPSA) is 58.6 Å². The number of hydrogen-bond donors (Lipinski definition) is 1. The normalized spacial score (nSPS) is 20.6. The molecule has 1 aromatic rings. The van der Waals surface area contributed by atoms with Crippen LogP contribution in [0.3, 0.4) is 0 Å². The first-order valence-corrected chi connectivity index (χ1v) is 9.66. The van der Waals surface area contributed by atoms with Crippen molar-refractivity contribution >= 4 is 11.8 Å². The van der Waals surface area contributed by atoms with Gasteiger partial charge in [0, 0.05) is 36.0 Å². The van der Waals surface area contributed by atoms with Crippen molar-refractivity contribution in [3.63, 3.8) is 0 Å². The molecule has 5 nitrogen and oxygen atoms in total. The summed E-state index contributed by atoms with van der Waals surface area (Å²) < 4.78 is 5.92. The Hall–Kier alpha value is -2.04. The van der Waals surface area contributed by atoms with Crippen molar-refractivity contribution in [2.45, 2.75) is 52.5 Å². The summed E-state index contributed by atoms with van der Waals surface area (Å²) in [6.07, 6.45) is 4.28. The lowest BCUT2D eigenvalue weighted by molar-refractivity contribution is -0.141. The first kappa shape index (κ1) is 18.7. The molecule has 0 aromatic heterocycles. The fourth-order valence-corrected chi connectivity index (χ4v) is 3.27. The summed E-state index contributed by atoms with van der Waals surface area (Å²) in [6, 6.07) is 7.68. The van der Waals surface area contributed by atoms with Crippen LogP contribution in [0.2, 0.25) is 0 Å². The SMILES string of the molecule is CC(C)(C)C(=O)N1CCC[C@@H](COc2ccc(C(=O)NC3CC3)cc2)C1. The van der Waals surface area contributed by atoms with Crippen molar-refractivity contribution in [2.75, 3.05) is 19.7 Å². The third-order valence-corrected chi connectivity index (χ3v) is 4.96. The molecule has 0 unspecified atom stereocenters. The fraction of sp³-hybridized carbons (Fsp3) is 0.619. The highest BCUT2D eigenvalue weighted by Gasteiger charge is 2.31.